The van der Waals surface area contributed by atoms with Gasteiger partial charge in [-0.25, -0.2) is 4.39 Å². The Morgan fingerprint density at radius 3 is 2.67 bits per heavy atom. The molecule has 0 atom stereocenters. The van der Waals surface area contributed by atoms with Crippen molar-refractivity contribution in [2.24, 2.45) is 4.99 Å². The van der Waals surface area contributed by atoms with E-state index in [4.69, 9.17) is 0 Å². The van der Waals surface area contributed by atoms with Crippen molar-refractivity contribution in [3.63, 3.8) is 0 Å². The summed E-state index contributed by atoms with van der Waals surface area (Å²) in [6, 6.07) is 0. The fraction of sp³-hybridized carbons (Fsp3) is 0.286. The van der Waals surface area contributed by atoms with Crippen molar-refractivity contribution in [2.45, 2.75) is 13.8 Å². The zero-order valence-corrected chi connectivity index (χ0v) is 5.63. The summed E-state index contributed by atoms with van der Waals surface area (Å²) in [6.07, 6.45) is 5.59. The Morgan fingerprint density at radius 2 is 2.22 bits per heavy atom. The SMILES string of the molecule is C\C=C/C=N\C(C)=C\F. The lowest BCUT2D eigenvalue weighted by Gasteiger charge is -1.81. The number of rotatable bonds is 2. The Morgan fingerprint density at radius 1 is 1.56 bits per heavy atom. The fourth-order valence-corrected chi connectivity index (χ4v) is 0.275. The minimum Gasteiger partial charge on any atom is -0.259 e. The summed E-state index contributed by atoms with van der Waals surface area (Å²) in [5.74, 6) is 0. The molecule has 0 heterocycles. The maximum Gasteiger partial charge on any atom is 0.108 e. The maximum atomic E-state index is 11.5. The molecular formula is C7H10FN. The Kier molecular flexibility index (Phi) is 4.69. The zero-order valence-electron chi connectivity index (χ0n) is 5.63. The first-order chi connectivity index (χ1) is 4.31. The van der Waals surface area contributed by atoms with Gasteiger partial charge in [0.25, 0.3) is 0 Å². The summed E-state index contributed by atoms with van der Waals surface area (Å²) in [7, 11) is 0. The van der Waals surface area contributed by atoms with Crippen molar-refractivity contribution in [1.82, 2.24) is 0 Å². The van der Waals surface area contributed by atoms with Crippen LogP contribution >= 0.6 is 0 Å². The number of aliphatic imine (C=N–C) groups is 1. The van der Waals surface area contributed by atoms with Crippen molar-refractivity contribution in [2.75, 3.05) is 0 Å². The summed E-state index contributed by atoms with van der Waals surface area (Å²) in [5, 5.41) is 0. The van der Waals surface area contributed by atoms with Gasteiger partial charge in [0.15, 0.2) is 0 Å². The van der Waals surface area contributed by atoms with Gasteiger partial charge in [0.2, 0.25) is 0 Å². The second-order valence-electron chi connectivity index (χ2n) is 1.55. The van der Waals surface area contributed by atoms with E-state index in [1.54, 1.807) is 19.2 Å². The van der Waals surface area contributed by atoms with Crippen LogP contribution in [0.1, 0.15) is 13.8 Å². The van der Waals surface area contributed by atoms with Crippen LogP contribution in [0, 0.1) is 0 Å². The molecule has 0 saturated heterocycles. The van der Waals surface area contributed by atoms with Crippen LogP contribution in [0.5, 0.6) is 0 Å². The van der Waals surface area contributed by atoms with E-state index in [9.17, 15) is 4.39 Å². The molecule has 0 amide bonds. The summed E-state index contributed by atoms with van der Waals surface area (Å²) < 4.78 is 11.5. The van der Waals surface area contributed by atoms with Crippen LogP contribution in [0.2, 0.25) is 0 Å². The first kappa shape index (κ1) is 8.08. The summed E-state index contributed by atoms with van der Waals surface area (Å²) >= 11 is 0. The van der Waals surface area contributed by atoms with Crippen molar-refractivity contribution in [1.29, 1.82) is 0 Å². The predicted octanol–water partition coefficient (Wildman–Crippen LogP) is 2.46. The number of hydrogen-bond donors (Lipinski definition) is 0. The molecule has 0 aromatic heterocycles. The third kappa shape index (κ3) is 4.94. The molecule has 0 bridgehead atoms. The molecule has 0 fully saturated rings. The highest BCUT2D eigenvalue weighted by molar-refractivity contribution is 5.71. The average molecular weight is 127 g/mol. The van der Waals surface area contributed by atoms with E-state index < -0.39 is 0 Å². The Hall–Kier alpha value is -0.920. The van der Waals surface area contributed by atoms with Gasteiger partial charge in [-0.3, -0.25) is 4.99 Å². The molecular weight excluding hydrogens is 117 g/mol. The number of halogens is 1. The first-order valence-corrected chi connectivity index (χ1v) is 2.73. The predicted molar refractivity (Wildman–Crippen MR) is 38.2 cm³/mol. The molecule has 0 radical (unpaired) electrons. The van der Waals surface area contributed by atoms with E-state index in [1.165, 1.54) is 0 Å². The van der Waals surface area contributed by atoms with Gasteiger partial charge in [0.1, 0.15) is 6.33 Å². The molecule has 1 nitrogen and oxygen atoms in total. The molecule has 0 unspecified atom stereocenters. The molecule has 0 aromatic carbocycles. The van der Waals surface area contributed by atoms with Crippen LogP contribution < -0.4 is 0 Å². The van der Waals surface area contributed by atoms with Gasteiger partial charge < -0.3 is 0 Å². The topological polar surface area (TPSA) is 12.4 Å². The maximum absolute atomic E-state index is 11.5. The second-order valence-corrected chi connectivity index (χ2v) is 1.55. The normalized spacial score (nSPS) is 13.9. The lowest BCUT2D eigenvalue weighted by molar-refractivity contribution is 0.708. The van der Waals surface area contributed by atoms with E-state index >= 15 is 0 Å². The summed E-state index contributed by atoms with van der Waals surface area (Å²) in [6.45, 7) is 3.47. The quantitative estimate of drug-likeness (QED) is 0.505. The van der Waals surface area contributed by atoms with Crippen molar-refractivity contribution >= 4 is 6.21 Å². The third-order valence-electron chi connectivity index (χ3n) is 0.715. The lowest BCUT2D eigenvalue weighted by atomic mass is 10.5. The Bertz CT molecular complexity index is 145. The van der Waals surface area contributed by atoms with E-state index in [0.717, 1.165) is 0 Å². The smallest absolute Gasteiger partial charge is 0.108 e. The van der Waals surface area contributed by atoms with Gasteiger partial charge in [-0.1, -0.05) is 6.08 Å². The van der Waals surface area contributed by atoms with Gasteiger partial charge in [0, 0.05) is 6.21 Å². The van der Waals surface area contributed by atoms with Crippen LogP contribution in [-0.2, 0) is 0 Å². The molecule has 0 aliphatic carbocycles. The largest absolute Gasteiger partial charge is 0.259 e. The average Bonchev–Trinajstić information content (AvgIpc) is 1.89. The van der Waals surface area contributed by atoms with Crippen LogP contribution in [0.25, 0.3) is 0 Å². The standard InChI is InChI=1S/C7H10FN/c1-3-4-5-9-7(2)6-8/h3-6H,1-2H3/b4-3-,7-6+,9-5-. The molecule has 9 heavy (non-hydrogen) atoms. The second kappa shape index (κ2) is 5.22. The van der Waals surface area contributed by atoms with Crippen LogP contribution in [-0.4, -0.2) is 6.21 Å². The highest BCUT2D eigenvalue weighted by atomic mass is 19.1. The number of allylic oxidation sites excluding steroid dienone is 3. The van der Waals surface area contributed by atoms with Crippen LogP contribution in [0.15, 0.2) is 29.2 Å². The fourth-order valence-electron chi connectivity index (χ4n) is 0.275. The highest BCUT2D eigenvalue weighted by Crippen LogP contribution is 1.91. The van der Waals surface area contributed by atoms with Crippen molar-refractivity contribution < 1.29 is 4.39 Å². The van der Waals surface area contributed by atoms with Gasteiger partial charge in [-0.2, -0.15) is 0 Å². The van der Waals surface area contributed by atoms with E-state index in [1.807, 2.05) is 13.0 Å². The van der Waals surface area contributed by atoms with E-state index in [0.29, 0.717) is 12.0 Å². The molecule has 0 aliphatic heterocycles. The molecule has 0 aliphatic rings. The lowest BCUT2D eigenvalue weighted by Crippen LogP contribution is -1.66. The van der Waals surface area contributed by atoms with Gasteiger partial charge >= 0.3 is 0 Å². The number of nitrogens with zero attached hydrogens (tertiary/aromatic N) is 1. The monoisotopic (exact) mass is 127 g/mol. The molecule has 0 aromatic rings. The first-order valence-electron chi connectivity index (χ1n) is 2.73. The van der Waals surface area contributed by atoms with Crippen LogP contribution in [0.3, 0.4) is 0 Å². The van der Waals surface area contributed by atoms with E-state index in [2.05, 4.69) is 4.99 Å². The Balaban J connectivity index is 3.71. The van der Waals surface area contributed by atoms with E-state index in [-0.39, 0.29) is 0 Å². The molecule has 0 N–H and O–H groups in total. The number of hydrogen-bond acceptors (Lipinski definition) is 1. The molecule has 0 spiro atoms. The molecule has 0 saturated carbocycles. The highest BCUT2D eigenvalue weighted by Gasteiger charge is 1.75. The molecule has 50 valence electrons. The summed E-state index contributed by atoms with van der Waals surface area (Å²) in [4.78, 5) is 3.71. The van der Waals surface area contributed by atoms with Gasteiger partial charge in [0.05, 0.1) is 5.70 Å². The van der Waals surface area contributed by atoms with Crippen molar-refractivity contribution in [3.05, 3.63) is 24.2 Å². The minimum absolute atomic E-state index is 0.383. The molecule has 0 rings (SSSR count). The minimum atomic E-state index is 0.383. The van der Waals surface area contributed by atoms with Gasteiger partial charge in [-0.05, 0) is 19.9 Å². The third-order valence-corrected chi connectivity index (χ3v) is 0.715. The van der Waals surface area contributed by atoms with Crippen molar-refractivity contribution in [3.8, 4) is 0 Å². The Labute approximate surface area is 54.6 Å². The van der Waals surface area contributed by atoms with Gasteiger partial charge in [-0.15, -0.1) is 0 Å². The molecule has 2 heteroatoms. The van der Waals surface area contributed by atoms with Crippen LogP contribution in [0.4, 0.5) is 4.39 Å². The zero-order chi connectivity index (χ0) is 7.11. The summed E-state index contributed by atoms with van der Waals surface area (Å²) in [5.41, 5.74) is 0.383.